The summed E-state index contributed by atoms with van der Waals surface area (Å²) in [6.07, 6.45) is -3.60. The summed E-state index contributed by atoms with van der Waals surface area (Å²) in [5.41, 5.74) is -0.214. The summed E-state index contributed by atoms with van der Waals surface area (Å²) in [5.74, 6) is 0.215. The molecule has 1 heterocycles. The van der Waals surface area contributed by atoms with Crippen LogP contribution in [0.15, 0.2) is 60.8 Å². The molecular formula is C18H11F3N2. The van der Waals surface area contributed by atoms with Crippen LogP contribution in [0.3, 0.4) is 0 Å². The minimum atomic E-state index is -4.42. The molecule has 114 valence electrons. The molecule has 1 aromatic heterocycles. The van der Waals surface area contributed by atoms with Gasteiger partial charge in [0.1, 0.15) is 11.5 Å². The first-order valence-electron chi connectivity index (χ1n) is 7.06. The number of aromatic amines is 1. The number of nitrogens with zero attached hydrogens (tertiary/aromatic N) is 1. The Hall–Kier alpha value is -2.82. The van der Waals surface area contributed by atoms with E-state index in [0.717, 1.165) is 27.7 Å². The fraction of sp³-hybridized carbons (Fsp3) is 0.0556. The summed E-state index contributed by atoms with van der Waals surface area (Å²) in [4.78, 5) is 6.18. The molecule has 0 atom stereocenters. The van der Waals surface area contributed by atoms with E-state index in [1.54, 1.807) is 6.07 Å². The molecule has 0 saturated carbocycles. The zero-order valence-electron chi connectivity index (χ0n) is 11.9. The molecule has 0 fully saturated rings. The van der Waals surface area contributed by atoms with E-state index in [1.165, 1.54) is 0 Å². The quantitative estimate of drug-likeness (QED) is 0.468. The van der Waals surface area contributed by atoms with E-state index in [9.17, 15) is 13.2 Å². The van der Waals surface area contributed by atoms with Gasteiger partial charge in [0.15, 0.2) is 0 Å². The zero-order valence-corrected chi connectivity index (χ0v) is 11.9. The number of rotatable bonds is 1. The van der Waals surface area contributed by atoms with E-state index in [1.807, 2.05) is 48.5 Å². The first kappa shape index (κ1) is 13.8. The third kappa shape index (κ3) is 2.34. The van der Waals surface area contributed by atoms with Crippen LogP contribution in [0, 0.1) is 0 Å². The van der Waals surface area contributed by atoms with Gasteiger partial charge in [-0.25, -0.2) is 4.98 Å². The van der Waals surface area contributed by atoms with Crippen molar-refractivity contribution < 1.29 is 13.2 Å². The maximum atomic E-state index is 12.7. The Labute approximate surface area is 129 Å². The van der Waals surface area contributed by atoms with Crippen molar-refractivity contribution in [1.82, 2.24) is 9.97 Å². The third-order valence-electron chi connectivity index (χ3n) is 3.90. The van der Waals surface area contributed by atoms with Crippen LogP contribution >= 0.6 is 0 Å². The van der Waals surface area contributed by atoms with Gasteiger partial charge in [-0.3, -0.25) is 0 Å². The lowest BCUT2D eigenvalue weighted by atomic mass is 10.00. The van der Waals surface area contributed by atoms with Crippen LogP contribution in [0.1, 0.15) is 5.69 Å². The number of aromatic nitrogens is 2. The summed E-state index contributed by atoms with van der Waals surface area (Å²) in [7, 11) is 0. The molecule has 0 aliphatic heterocycles. The van der Waals surface area contributed by atoms with Crippen LogP contribution in [0.2, 0.25) is 0 Å². The maximum absolute atomic E-state index is 12.7. The summed E-state index contributed by atoms with van der Waals surface area (Å²) in [5, 5.41) is 4.28. The molecule has 0 aliphatic carbocycles. The smallest absolute Gasteiger partial charge is 0.334 e. The molecule has 0 unspecified atom stereocenters. The highest BCUT2D eigenvalue weighted by Gasteiger charge is 2.33. The van der Waals surface area contributed by atoms with Crippen LogP contribution < -0.4 is 0 Å². The topological polar surface area (TPSA) is 28.7 Å². The lowest BCUT2D eigenvalue weighted by Crippen LogP contribution is -2.04. The number of imidazole rings is 1. The van der Waals surface area contributed by atoms with Crippen LogP contribution in [0.5, 0.6) is 0 Å². The van der Waals surface area contributed by atoms with Crippen molar-refractivity contribution >= 4 is 21.5 Å². The Bertz CT molecular complexity index is 1020. The van der Waals surface area contributed by atoms with Crippen molar-refractivity contribution in [1.29, 1.82) is 0 Å². The zero-order chi connectivity index (χ0) is 16.0. The Balaban J connectivity index is 1.86. The number of hydrogen-bond donors (Lipinski definition) is 1. The van der Waals surface area contributed by atoms with E-state index >= 15 is 0 Å². The highest BCUT2D eigenvalue weighted by atomic mass is 19.4. The van der Waals surface area contributed by atoms with E-state index in [-0.39, 0.29) is 5.82 Å². The molecule has 1 N–H and O–H groups in total. The van der Waals surface area contributed by atoms with Crippen molar-refractivity contribution in [2.75, 3.05) is 0 Å². The standard InChI is InChI=1S/C18H11F3N2/c19-18(20,21)16-10-22-17(23-16)13-7-8-15-12(9-13)6-5-11-3-1-2-4-14(11)15/h1-10H,(H,22,23). The molecule has 0 amide bonds. The van der Waals surface area contributed by atoms with Gasteiger partial charge in [0.25, 0.3) is 0 Å². The SMILES string of the molecule is FC(F)(F)c1cnc(-c2ccc3c(ccc4ccccc43)c2)[nH]1. The highest BCUT2D eigenvalue weighted by molar-refractivity contribution is 6.08. The highest BCUT2D eigenvalue weighted by Crippen LogP contribution is 2.31. The molecule has 5 heteroatoms. The lowest BCUT2D eigenvalue weighted by Gasteiger charge is -2.06. The average Bonchev–Trinajstić information content (AvgIpc) is 3.04. The number of H-pyrrole nitrogens is 1. The minimum absolute atomic E-state index is 0.215. The molecule has 4 rings (SSSR count). The molecule has 4 aromatic rings. The van der Waals surface area contributed by atoms with Crippen molar-refractivity contribution in [2.45, 2.75) is 6.18 Å². The average molecular weight is 312 g/mol. The molecule has 2 nitrogen and oxygen atoms in total. The first-order chi connectivity index (χ1) is 11.0. The number of alkyl halides is 3. The predicted molar refractivity (Wildman–Crippen MR) is 84.0 cm³/mol. The molecule has 0 saturated heterocycles. The predicted octanol–water partition coefficient (Wildman–Crippen LogP) is 5.40. The molecule has 3 aromatic carbocycles. The lowest BCUT2D eigenvalue weighted by molar-refractivity contribution is -0.140. The normalized spacial score (nSPS) is 12.1. The van der Waals surface area contributed by atoms with Gasteiger partial charge in [-0.1, -0.05) is 48.5 Å². The van der Waals surface area contributed by atoms with Crippen molar-refractivity contribution in [3.8, 4) is 11.4 Å². The monoisotopic (exact) mass is 312 g/mol. The second kappa shape index (κ2) is 4.84. The van der Waals surface area contributed by atoms with Crippen molar-refractivity contribution in [3.05, 3.63) is 66.5 Å². The Morgan fingerprint density at radius 2 is 1.57 bits per heavy atom. The van der Waals surface area contributed by atoms with E-state index in [4.69, 9.17) is 0 Å². The second-order valence-electron chi connectivity index (χ2n) is 5.37. The van der Waals surface area contributed by atoms with Gasteiger partial charge in [0, 0.05) is 5.56 Å². The number of fused-ring (bicyclic) bond motifs is 3. The molecule has 0 radical (unpaired) electrons. The summed E-state index contributed by atoms with van der Waals surface area (Å²) < 4.78 is 38.0. The van der Waals surface area contributed by atoms with Crippen LogP contribution in [-0.4, -0.2) is 9.97 Å². The fourth-order valence-electron chi connectivity index (χ4n) is 2.77. The first-order valence-corrected chi connectivity index (χ1v) is 7.06. The van der Waals surface area contributed by atoms with Gasteiger partial charge in [0.2, 0.25) is 0 Å². The van der Waals surface area contributed by atoms with Gasteiger partial charge >= 0.3 is 6.18 Å². The van der Waals surface area contributed by atoms with Crippen LogP contribution in [-0.2, 0) is 6.18 Å². The van der Waals surface area contributed by atoms with E-state index in [2.05, 4.69) is 9.97 Å². The van der Waals surface area contributed by atoms with Gasteiger partial charge < -0.3 is 4.98 Å². The largest absolute Gasteiger partial charge is 0.432 e. The summed E-state index contributed by atoms with van der Waals surface area (Å²) >= 11 is 0. The Kier molecular flexibility index (Phi) is 2.91. The second-order valence-corrected chi connectivity index (χ2v) is 5.37. The molecular weight excluding hydrogens is 301 g/mol. The Morgan fingerprint density at radius 1 is 0.826 bits per heavy atom. The van der Waals surface area contributed by atoms with Crippen molar-refractivity contribution in [2.24, 2.45) is 0 Å². The van der Waals surface area contributed by atoms with Crippen LogP contribution in [0.4, 0.5) is 13.2 Å². The maximum Gasteiger partial charge on any atom is 0.432 e. The van der Waals surface area contributed by atoms with Crippen molar-refractivity contribution in [3.63, 3.8) is 0 Å². The Morgan fingerprint density at radius 3 is 2.35 bits per heavy atom. The molecule has 0 aliphatic rings. The molecule has 0 spiro atoms. The summed E-state index contributed by atoms with van der Waals surface area (Å²) in [6, 6.07) is 17.5. The summed E-state index contributed by atoms with van der Waals surface area (Å²) in [6.45, 7) is 0. The fourth-order valence-corrected chi connectivity index (χ4v) is 2.77. The number of halogens is 3. The number of benzene rings is 3. The minimum Gasteiger partial charge on any atom is -0.334 e. The van der Waals surface area contributed by atoms with Gasteiger partial charge in [-0.05, 0) is 27.6 Å². The number of nitrogens with one attached hydrogen (secondary N) is 1. The van der Waals surface area contributed by atoms with Gasteiger partial charge in [0.05, 0.1) is 6.20 Å². The van der Waals surface area contributed by atoms with E-state index < -0.39 is 11.9 Å². The van der Waals surface area contributed by atoms with E-state index in [0.29, 0.717) is 5.56 Å². The number of hydrogen-bond acceptors (Lipinski definition) is 1. The molecule has 23 heavy (non-hydrogen) atoms. The third-order valence-corrected chi connectivity index (χ3v) is 3.90. The molecule has 0 bridgehead atoms. The van der Waals surface area contributed by atoms with Gasteiger partial charge in [-0.15, -0.1) is 0 Å². The van der Waals surface area contributed by atoms with Gasteiger partial charge in [-0.2, -0.15) is 13.2 Å². The van der Waals surface area contributed by atoms with Crippen LogP contribution in [0.25, 0.3) is 32.9 Å².